The van der Waals surface area contributed by atoms with Crippen LogP contribution in [0.25, 0.3) is 0 Å². The average Bonchev–Trinajstić information content (AvgIpc) is 2.65. The van der Waals surface area contributed by atoms with Crippen molar-refractivity contribution in [1.29, 1.82) is 0 Å². The second-order valence-corrected chi connectivity index (χ2v) is 5.17. The molecule has 102 valence electrons. The Morgan fingerprint density at radius 1 is 1.67 bits per heavy atom. The van der Waals surface area contributed by atoms with Crippen LogP contribution in [0.1, 0.15) is 20.3 Å². The van der Waals surface area contributed by atoms with Crippen LogP contribution in [-0.2, 0) is 11.8 Å². The number of aliphatic carboxylic acids is 1. The molecule has 0 aliphatic heterocycles. The number of carboxylic acid groups (broad SMARTS) is 1. The lowest BCUT2D eigenvalue weighted by molar-refractivity contribution is -0.143. The van der Waals surface area contributed by atoms with Gasteiger partial charge in [0.15, 0.2) is 5.16 Å². The number of hydrogen-bond donors (Lipinski definition) is 3. The minimum atomic E-state index is -1.03. The highest BCUT2D eigenvalue weighted by Crippen LogP contribution is 2.19. The SMILES string of the molecule is CCCNC(C)(CSc1n[nH]c(=O)n1C)C(=O)O. The van der Waals surface area contributed by atoms with Gasteiger partial charge in [-0.3, -0.25) is 9.36 Å². The third-order valence-electron chi connectivity index (χ3n) is 2.57. The average molecular weight is 274 g/mol. The molecule has 1 aromatic rings. The quantitative estimate of drug-likeness (QED) is 0.607. The minimum absolute atomic E-state index is 0.292. The van der Waals surface area contributed by atoms with Crippen LogP contribution in [0.2, 0.25) is 0 Å². The molecule has 3 N–H and O–H groups in total. The van der Waals surface area contributed by atoms with Crippen molar-refractivity contribution in [3.8, 4) is 0 Å². The Labute approximate surface area is 109 Å². The van der Waals surface area contributed by atoms with E-state index in [1.54, 1.807) is 14.0 Å². The highest BCUT2D eigenvalue weighted by Gasteiger charge is 2.32. The Morgan fingerprint density at radius 3 is 2.78 bits per heavy atom. The molecule has 0 spiro atoms. The summed E-state index contributed by atoms with van der Waals surface area (Å²) in [6.07, 6.45) is 0.856. The second kappa shape index (κ2) is 6.05. The van der Waals surface area contributed by atoms with Gasteiger partial charge in [-0.15, -0.1) is 5.10 Å². The molecule has 0 saturated carbocycles. The highest BCUT2D eigenvalue weighted by atomic mass is 32.2. The van der Waals surface area contributed by atoms with Crippen molar-refractivity contribution >= 4 is 17.7 Å². The summed E-state index contributed by atoms with van der Waals surface area (Å²) < 4.78 is 1.35. The van der Waals surface area contributed by atoms with Gasteiger partial charge in [-0.25, -0.2) is 9.89 Å². The van der Waals surface area contributed by atoms with Gasteiger partial charge in [0.2, 0.25) is 0 Å². The van der Waals surface area contributed by atoms with E-state index in [1.807, 2.05) is 6.92 Å². The van der Waals surface area contributed by atoms with Crippen molar-refractivity contribution in [2.75, 3.05) is 12.3 Å². The maximum atomic E-state index is 11.3. The first kappa shape index (κ1) is 14.8. The fourth-order valence-corrected chi connectivity index (χ4v) is 2.29. The van der Waals surface area contributed by atoms with E-state index in [0.717, 1.165) is 6.42 Å². The highest BCUT2D eigenvalue weighted by molar-refractivity contribution is 7.99. The van der Waals surface area contributed by atoms with E-state index < -0.39 is 11.5 Å². The van der Waals surface area contributed by atoms with E-state index in [2.05, 4.69) is 15.5 Å². The van der Waals surface area contributed by atoms with Crippen LogP contribution in [0.3, 0.4) is 0 Å². The zero-order valence-corrected chi connectivity index (χ0v) is 11.5. The van der Waals surface area contributed by atoms with Crippen LogP contribution in [0.15, 0.2) is 9.95 Å². The number of aromatic nitrogens is 3. The lowest BCUT2D eigenvalue weighted by atomic mass is 10.1. The molecule has 0 radical (unpaired) electrons. The minimum Gasteiger partial charge on any atom is -0.480 e. The molecular weight excluding hydrogens is 256 g/mol. The van der Waals surface area contributed by atoms with E-state index >= 15 is 0 Å². The van der Waals surface area contributed by atoms with Gasteiger partial charge < -0.3 is 10.4 Å². The van der Waals surface area contributed by atoms with Crippen molar-refractivity contribution in [2.45, 2.75) is 31.0 Å². The van der Waals surface area contributed by atoms with E-state index in [4.69, 9.17) is 0 Å². The maximum absolute atomic E-state index is 11.3. The number of thioether (sulfide) groups is 1. The maximum Gasteiger partial charge on any atom is 0.343 e. The largest absolute Gasteiger partial charge is 0.480 e. The lowest BCUT2D eigenvalue weighted by Crippen LogP contribution is -2.52. The van der Waals surface area contributed by atoms with Crippen molar-refractivity contribution in [3.63, 3.8) is 0 Å². The molecule has 0 amide bonds. The van der Waals surface area contributed by atoms with Crippen molar-refractivity contribution in [3.05, 3.63) is 10.5 Å². The summed E-state index contributed by atoms with van der Waals surface area (Å²) in [6.45, 7) is 4.23. The monoisotopic (exact) mass is 274 g/mol. The molecular formula is C10H18N4O3S. The molecule has 1 rings (SSSR count). The molecule has 7 nitrogen and oxygen atoms in total. The lowest BCUT2D eigenvalue weighted by Gasteiger charge is -2.25. The molecule has 18 heavy (non-hydrogen) atoms. The summed E-state index contributed by atoms with van der Waals surface area (Å²) in [7, 11) is 1.59. The van der Waals surface area contributed by atoms with Crippen LogP contribution in [0.5, 0.6) is 0 Å². The van der Waals surface area contributed by atoms with Crippen molar-refractivity contribution in [2.24, 2.45) is 7.05 Å². The Morgan fingerprint density at radius 2 is 2.33 bits per heavy atom. The number of H-pyrrole nitrogens is 1. The van der Waals surface area contributed by atoms with E-state index in [-0.39, 0.29) is 5.69 Å². The van der Waals surface area contributed by atoms with Crippen molar-refractivity contribution < 1.29 is 9.90 Å². The van der Waals surface area contributed by atoms with Gasteiger partial charge >= 0.3 is 11.7 Å². The van der Waals surface area contributed by atoms with Gasteiger partial charge in [0.05, 0.1) is 0 Å². The predicted octanol–water partition coefficient (Wildman–Crippen LogP) is 0.0434. The predicted molar refractivity (Wildman–Crippen MR) is 68.9 cm³/mol. The van der Waals surface area contributed by atoms with E-state index in [0.29, 0.717) is 17.5 Å². The Hall–Kier alpha value is -1.28. The smallest absolute Gasteiger partial charge is 0.343 e. The van der Waals surface area contributed by atoms with Crippen LogP contribution >= 0.6 is 11.8 Å². The Balaban J connectivity index is 2.71. The molecule has 0 aliphatic rings. The molecule has 1 atom stereocenters. The summed E-state index contributed by atoms with van der Waals surface area (Å²) in [6, 6.07) is 0. The standard InChI is InChI=1S/C10H18N4O3S/c1-4-5-11-10(2,7(15)16)6-18-9-13-12-8(17)14(9)3/h11H,4-6H2,1-3H3,(H,12,17)(H,15,16). The molecule has 0 fully saturated rings. The molecule has 0 saturated heterocycles. The number of rotatable bonds is 7. The molecule has 0 aliphatic carbocycles. The summed E-state index contributed by atoms with van der Waals surface area (Å²) in [5.74, 6) is -0.621. The molecule has 1 aromatic heterocycles. The second-order valence-electron chi connectivity index (χ2n) is 4.22. The van der Waals surface area contributed by atoms with Crippen LogP contribution in [-0.4, -0.2) is 43.7 Å². The molecule has 0 aromatic carbocycles. The zero-order chi connectivity index (χ0) is 13.8. The number of nitrogens with one attached hydrogen (secondary N) is 2. The van der Waals surface area contributed by atoms with Gasteiger partial charge in [-0.2, -0.15) is 0 Å². The normalized spacial score (nSPS) is 14.4. The first-order valence-corrected chi connectivity index (χ1v) is 6.62. The Kier molecular flexibility index (Phi) is 4.97. The number of hydrogen-bond acceptors (Lipinski definition) is 5. The summed E-state index contributed by atoms with van der Waals surface area (Å²) in [5.41, 5.74) is -1.34. The first-order valence-electron chi connectivity index (χ1n) is 5.63. The topological polar surface area (TPSA) is 100 Å². The number of aromatic amines is 1. The fraction of sp³-hybridized carbons (Fsp3) is 0.700. The van der Waals surface area contributed by atoms with Gasteiger partial charge in [0.1, 0.15) is 5.54 Å². The van der Waals surface area contributed by atoms with Crippen molar-refractivity contribution in [1.82, 2.24) is 20.1 Å². The molecule has 1 heterocycles. The zero-order valence-electron chi connectivity index (χ0n) is 10.7. The molecule has 0 bridgehead atoms. The third-order valence-corrected chi connectivity index (χ3v) is 3.91. The summed E-state index contributed by atoms with van der Waals surface area (Å²) in [4.78, 5) is 22.4. The van der Waals surface area contributed by atoms with E-state index in [1.165, 1.54) is 16.3 Å². The van der Waals surface area contributed by atoms with E-state index in [9.17, 15) is 14.7 Å². The van der Waals surface area contributed by atoms with Gasteiger partial charge in [-0.05, 0) is 19.9 Å². The first-order chi connectivity index (χ1) is 8.40. The molecule has 1 unspecified atom stereocenters. The molecule has 8 heteroatoms. The van der Waals surface area contributed by atoms with Crippen LogP contribution in [0.4, 0.5) is 0 Å². The summed E-state index contributed by atoms with van der Waals surface area (Å²) >= 11 is 1.23. The fourth-order valence-electron chi connectivity index (χ4n) is 1.26. The van der Waals surface area contributed by atoms with Crippen LogP contribution < -0.4 is 11.0 Å². The Bertz CT molecular complexity index is 470. The summed E-state index contributed by atoms with van der Waals surface area (Å²) in [5, 5.41) is 18.9. The number of nitrogens with zero attached hydrogens (tertiary/aromatic N) is 2. The van der Waals surface area contributed by atoms with Gasteiger partial charge in [0, 0.05) is 12.8 Å². The number of carboxylic acids is 1. The van der Waals surface area contributed by atoms with Gasteiger partial charge in [-0.1, -0.05) is 18.7 Å². The number of carbonyl (C=O) groups is 1. The van der Waals surface area contributed by atoms with Crippen LogP contribution in [0, 0.1) is 0 Å². The third kappa shape index (κ3) is 3.36. The van der Waals surface area contributed by atoms with Gasteiger partial charge in [0.25, 0.3) is 0 Å².